The highest BCUT2D eigenvalue weighted by Gasteiger charge is 2.41. The van der Waals surface area contributed by atoms with Gasteiger partial charge in [0.05, 0.1) is 29.4 Å². The first-order valence-corrected chi connectivity index (χ1v) is 12.5. The van der Waals surface area contributed by atoms with Crippen molar-refractivity contribution in [2.45, 2.75) is 58.1 Å². The Morgan fingerprint density at radius 3 is 2.53 bits per heavy atom. The Kier molecular flexibility index (Phi) is 7.65. The molecule has 1 aromatic heterocycles. The topological polar surface area (TPSA) is 131 Å². The number of carbonyl (C=O) groups excluding carboxylic acids is 1. The minimum atomic E-state index is -4.47. The summed E-state index contributed by atoms with van der Waals surface area (Å²) in [6.07, 6.45) is 2.55. The lowest BCUT2D eigenvalue weighted by molar-refractivity contribution is -0.141. The number of carbonyl (C=O) groups is 2. The molecule has 1 aromatic carbocycles. The molecule has 2 N–H and O–H groups in total. The average Bonchev–Trinajstić information content (AvgIpc) is 3.08. The number of sulfonamides is 1. The minimum absolute atomic E-state index is 0.0428. The van der Waals surface area contributed by atoms with E-state index >= 15 is 0 Å². The molecule has 1 aliphatic rings. The first kappa shape index (κ1) is 25.3. The number of nitrogens with zero attached hydrogens (tertiary/aromatic N) is 3. The van der Waals surface area contributed by atoms with Gasteiger partial charge in [0.25, 0.3) is 10.0 Å². The summed E-state index contributed by atoms with van der Waals surface area (Å²) < 4.78 is 34.0. The quantitative estimate of drug-likeness (QED) is 0.549. The van der Waals surface area contributed by atoms with E-state index in [4.69, 9.17) is 4.74 Å². The highest BCUT2D eigenvalue weighted by molar-refractivity contribution is 7.89. The van der Waals surface area contributed by atoms with Crippen LogP contribution < -0.4 is 5.32 Å². The van der Waals surface area contributed by atoms with Crippen molar-refractivity contribution >= 4 is 28.2 Å². The van der Waals surface area contributed by atoms with E-state index in [0.717, 1.165) is 22.8 Å². The summed E-state index contributed by atoms with van der Waals surface area (Å²) in [5.41, 5.74) is 2.75. The number of nitrogens with one attached hydrogen (secondary N) is 1. The second-order valence-electron chi connectivity index (χ2n) is 8.42. The predicted molar refractivity (Wildman–Crippen MR) is 125 cm³/mol. The maximum Gasteiger partial charge on any atom is 0.424 e. The molecule has 0 bridgehead atoms. The van der Waals surface area contributed by atoms with E-state index in [-0.39, 0.29) is 23.8 Å². The molecular formula is C23H30N4O6S. The van der Waals surface area contributed by atoms with Crippen molar-refractivity contribution in [2.24, 2.45) is 5.92 Å². The van der Waals surface area contributed by atoms with Gasteiger partial charge in [0.15, 0.2) is 0 Å². The third-order valence-electron chi connectivity index (χ3n) is 5.43. The van der Waals surface area contributed by atoms with Crippen molar-refractivity contribution in [3.8, 4) is 0 Å². The number of aliphatic carboxylic acids is 1. The standard InChI is InChI=1S/C23H30N4O6S/c1-5-33-23(30)27(21(22(28)29)12-15(2)3)34(31,32)18-8-6-17(7-9-18)14-26-16(4)25-19-13-24-11-10-20(19)26/h6-11,15,21,24H,5,12-14H2,1-4H3,(H,28,29)/t21-/m0/s1. The highest BCUT2D eigenvalue weighted by Crippen LogP contribution is 2.25. The number of amides is 1. The van der Waals surface area contributed by atoms with E-state index in [1.165, 1.54) is 19.1 Å². The average molecular weight is 491 g/mol. The van der Waals surface area contributed by atoms with E-state index in [2.05, 4.69) is 10.3 Å². The molecule has 184 valence electrons. The van der Waals surface area contributed by atoms with E-state index < -0.39 is 28.1 Å². The van der Waals surface area contributed by atoms with Gasteiger partial charge in [-0.05, 0) is 56.2 Å². The molecule has 3 rings (SSSR count). The third kappa shape index (κ3) is 5.24. The number of hydrogen-bond acceptors (Lipinski definition) is 7. The molecule has 34 heavy (non-hydrogen) atoms. The van der Waals surface area contributed by atoms with Gasteiger partial charge in [0, 0.05) is 6.54 Å². The summed E-state index contributed by atoms with van der Waals surface area (Å²) in [6, 6.07) is 4.46. The first-order valence-electron chi connectivity index (χ1n) is 11.0. The Labute approximate surface area is 199 Å². The zero-order valence-corrected chi connectivity index (χ0v) is 20.5. The van der Waals surface area contributed by atoms with Crippen LogP contribution in [0.3, 0.4) is 0 Å². The zero-order valence-electron chi connectivity index (χ0n) is 19.7. The molecule has 11 heteroatoms. The van der Waals surface area contributed by atoms with Crippen LogP contribution in [0.1, 0.15) is 50.0 Å². The molecule has 2 heterocycles. The number of hydrogen-bond donors (Lipinski definition) is 2. The number of aryl methyl sites for hydroxylation is 1. The van der Waals surface area contributed by atoms with Crippen molar-refractivity contribution in [1.29, 1.82) is 0 Å². The molecule has 0 spiro atoms. The molecule has 1 aliphatic heterocycles. The third-order valence-corrected chi connectivity index (χ3v) is 7.22. The summed E-state index contributed by atoms with van der Waals surface area (Å²) in [6.45, 7) is 7.97. The van der Waals surface area contributed by atoms with Crippen LogP contribution in [0.25, 0.3) is 6.08 Å². The molecule has 0 radical (unpaired) electrons. The maximum atomic E-state index is 13.4. The Bertz CT molecular complexity index is 1180. The van der Waals surface area contributed by atoms with E-state index in [9.17, 15) is 23.1 Å². The van der Waals surface area contributed by atoms with Crippen LogP contribution in [-0.2, 0) is 32.6 Å². The number of carboxylic acid groups (broad SMARTS) is 1. The Morgan fingerprint density at radius 2 is 1.94 bits per heavy atom. The SMILES string of the molecule is CCOC(=O)N([C@@H](CC(C)C)C(=O)O)S(=O)(=O)c1ccc(Cn2c(C)nc3c2C=CNC3)cc1. The van der Waals surface area contributed by atoms with Crippen molar-refractivity contribution in [2.75, 3.05) is 6.61 Å². The lowest BCUT2D eigenvalue weighted by Crippen LogP contribution is -2.49. The number of ether oxygens (including phenoxy) is 1. The number of carboxylic acids is 1. The van der Waals surface area contributed by atoms with Gasteiger partial charge in [-0.25, -0.2) is 23.0 Å². The molecule has 0 aliphatic carbocycles. The van der Waals surface area contributed by atoms with Crippen LogP contribution in [0, 0.1) is 12.8 Å². The Morgan fingerprint density at radius 1 is 1.26 bits per heavy atom. The van der Waals surface area contributed by atoms with Crippen LogP contribution in [0.15, 0.2) is 35.4 Å². The zero-order chi connectivity index (χ0) is 25.0. The second-order valence-corrected chi connectivity index (χ2v) is 10.2. The van der Waals surface area contributed by atoms with Gasteiger partial charge < -0.3 is 19.7 Å². The van der Waals surface area contributed by atoms with Crippen molar-refractivity contribution < 1.29 is 27.9 Å². The van der Waals surface area contributed by atoms with Crippen LogP contribution >= 0.6 is 0 Å². The lowest BCUT2D eigenvalue weighted by Gasteiger charge is -2.28. The molecule has 0 saturated heterocycles. The molecular weight excluding hydrogens is 460 g/mol. The number of fused-ring (bicyclic) bond motifs is 1. The Hall–Kier alpha value is -3.34. The van der Waals surface area contributed by atoms with Gasteiger partial charge in [-0.1, -0.05) is 26.0 Å². The van der Waals surface area contributed by atoms with Crippen LogP contribution in [0.4, 0.5) is 4.79 Å². The number of imidazole rings is 1. The second kappa shape index (κ2) is 10.3. The first-order chi connectivity index (χ1) is 16.1. The summed E-state index contributed by atoms with van der Waals surface area (Å²) in [4.78, 5) is 28.9. The smallest absolute Gasteiger partial charge is 0.424 e. The largest absolute Gasteiger partial charge is 0.480 e. The Balaban J connectivity index is 1.93. The number of benzene rings is 1. The molecule has 1 atom stereocenters. The van der Waals surface area contributed by atoms with E-state index in [1.54, 1.807) is 26.0 Å². The molecule has 10 nitrogen and oxygen atoms in total. The van der Waals surface area contributed by atoms with Gasteiger partial charge in [0.1, 0.15) is 11.9 Å². The molecule has 0 saturated carbocycles. The van der Waals surface area contributed by atoms with Gasteiger partial charge in [-0.3, -0.25) is 0 Å². The highest BCUT2D eigenvalue weighted by atomic mass is 32.2. The monoisotopic (exact) mass is 490 g/mol. The van der Waals surface area contributed by atoms with Crippen LogP contribution in [-0.4, -0.2) is 52.1 Å². The summed E-state index contributed by atoms with van der Waals surface area (Å²) in [5, 5.41) is 12.8. The number of aromatic nitrogens is 2. The van der Waals surface area contributed by atoms with Gasteiger partial charge >= 0.3 is 12.1 Å². The molecule has 2 aromatic rings. The van der Waals surface area contributed by atoms with Gasteiger partial charge in [-0.15, -0.1) is 0 Å². The fourth-order valence-corrected chi connectivity index (χ4v) is 5.31. The van der Waals surface area contributed by atoms with Gasteiger partial charge in [-0.2, -0.15) is 4.31 Å². The van der Waals surface area contributed by atoms with E-state index in [1.807, 2.05) is 23.8 Å². The van der Waals surface area contributed by atoms with Gasteiger partial charge in [0.2, 0.25) is 0 Å². The maximum absolute atomic E-state index is 13.4. The van der Waals surface area contributed by atoms with E-state index in [0.29, 0.717) is 17.4 Å². The van der Waals surface area contributed by atoms with Crippen LogP contribution in [0.2, 0.25) is 0 Å². The van der Waals surface area contributed by atoms with Crippen molar-refractivity contribution in [3.63, 3.8) is 0 Å². The van der Waals surface area contributed by atoms with Crippen LogP contribution in [0.5, 0.6) is 0 Å². The van der Waals surface area contributed by atoms with Crippen molar-refractivity contribution in [3.05, 3.63) is 53.2 Å². The molecule has 1 amide bonds. The minimum Gasteiger partial charge on any atom is -0.480 e. The molecule has 0 fully saturated rings. The van der Waals surface area contributed by atoms with Crippen molar-refractivity contribution in [1.82, 2.24) is 19.2 Å². The lowest BCUT2D eigenvalue weighted by atomic mass is 10.0. The predicted octanol–water partition coefficient (Wildman–Crippen LogP) is 2.96. The summed E-state index contributed by atoms with van der Waals surface area (Å²) in [7, 11) is -4.47. The fraction of sp³-hybridized carbons (Fsp3) is 0.435. The molecule has 0 unspecified atom stereocenters. The summed E-state index contributed by atoms with van der Waals surface area (Å²) in [5.74, 6) is -0.740. The normalized spacial score (nSPS) is 13.8. The number of rotatable bonds is 9. The summed E-state index contributed by atoms with van der Waals surface area (Å²) >= 11 is 0. The fourth-order valence-electron chi connectivity index (χ4n) is 3.84.